The topological polar surface area (TPSA) is 35.2 Å². The van der Waals surface area contributed by atoms with E-state index in [9.17, 15) is 0 Å². The molecule has 0 aliphatic carbocycles. The van der Waals surface area contributed by atoms with Crippen LogP contribution in [0.3, 0.4) is 0 Å². The Balaban J connectivity index is 2.35. The molecule has 21 heavy (non-hydrogen) atoms. The number of nitrogens with two attached hydrogens (primary N) is 1. The summed E-state index contributed by atoms with van der Waals surface area (Å²) in [6.07, 6.45) is -0.322. The van der Waals surface area contributed by atoms with Gasteiger partial charge in [-0.25, -0.2) is 0 Å². The van der Waals surface area contributed by atoms with Crippen molar-refractivity contribution in [2.45, 2.75) is 19.1 Å². The maximum absolute atomic E-state index is 6.21. The van der Waals surface area contributed by atoms with Gasteiger partial charge in [-0.1, -0.05) is 51.3 Å². The van der Waals surface area contributed by atoms with Crippen molar-refractivity contribution in [3.8, 4) is 5.75 Å². The zero-order valence-corrected chi connectivity index (χ0v) is 15.8. The van der Waals surface area contributed by atoms with Gasteiger partial charge in [0.25, 0.3) is 0 Å². The molecular formula is C15H13Br2Cl2NO. The minimum Gasteiger partial charge on any atom is -0.482 e. The number of halogens is 4. The van der Waals surface area contributed by atoms with E-state index < -0.39 is 0 Å². The third-order valence-corrected chi connectivity index (χ3v) is 4.87. The second kappa shape index (κ2) is 7.34. The molecule has 0 spiro atoms. The van der Waals surface area contributed by atoms with Crippen LogP contribution in [0.25, 0.3) is 0 Å². The van der Waals surface area contributed by atoms with E-state index in [0.717, 1.165) is 14.5 Å². The molecule has 2 unspecified atom stereocenters. The van der Waals surface area contributed by atoms with E-state index in [1.807, 2.05) is 31.2 Å². The first kappa shape index (κ1) is 17.1. The largest absolute Gasteiger partial charge is 0.482 e. The normalized spacial score (nSPS) is 13.8. The van der Waals surface area contributed by atoms with Crippen molar-refractivity contribution in [1.29, 1.82) is 0 Å². The fraction of sp³-hybridized carbons (Fsp3) is 0.200. The van der Waals surface area contributed by atoms with Gasteiger partial charge in [0.05, 0.1) is 10.0 Å². The molecule has 2 nitrogen and oxygen atoms in total. The molecule has 112 valence electrons. The third kappa shape index (κ3) is 4.36. The summed E-state index contributed by atoms with van der Waals surface area (Å²) in [5.41, 5.74) is 7.03. The first-order chi connectivity index (χ1) is 9.88. The van der Waals surface area contributed by atoms with Gasteiger partial charge in [0, 0.05) is 21.1 Å². The molecule has 6 heteroatoms. The highest BCUT2D eigenvalue weighted by molar-refractivity contribution is 9.10. The molecule has 2 atom stereocenters. The highest BCUT2D eigenvalue weighted by Gasteiger charge is 2.20. The van der Waals surface area contributed by atoms with Crippen LogP contribution in [0.1, 0.15) is 18.6 Å². The average molecular weight is 454 g/mol. The molecule has 0 heterocycles. The number of ether oxygens (including phenoxy) is 1. The van der Waals surface area contributed by atoms with E-state index in [4.69, 9.17) is 33.7 Å². The van der Waals surface area contributed by atoms with Gasteiger partial charge in [0.2, 0.25) is 0 Å². The average Bonchev–Trinajstić information content (AvgIpc) is 2.41. The van der Waals surface area contributed by atoms with Gasteiger partial charge in [-0.05, 0) is 46.6 Å². The zero-order chi connectivity index (χ0) is 15.6. The highest BCUT2D eigenvalue weighted by Crippen LogP contribution is 2.37. The Morgan fingerprint density at radius 2 is 1.81 bits per heavy atom. The number of hydrogen-bond acceptors (Lipinski definition) is 2. The molecule has 2 aromatic rings. The van der Waals surface area contributed by atoms with Gasteiger partial charge in [-0.15, -0.1) is 0 Å². The molecule has 2 aromatic carbocycles. The Morgan fingerprint density at radius 1 is 1.10 bits per heavy atom. The van der Waals surface area contributed by atoms with Crippen molar-refractivity contribution in [2.24, 2.45) is 5.73 Å². The van der Waals surface area contributed by atoms with Crippen LogP contribution in [0.2, 0.25) is 10.0 Å². The molecular weight excluding hydrogens is 441 g/mol. The minimum atomic E-state index is -0.322. The van der Waals surface area contributed by atoms with E-state index in [0.29, 0.717) is 15.8 Å². The van der Waals surface area contributed by atoms with Crippen molar-refractivity contribution < 1.29 is 4.74 Å². The van der Waals surface area contributed by atoms with Gasteiger partial charge in [-0.3, -0.25) is 0 Å². The Kier molecular flexibility index (Phi) is 5.97. The fourth-order valence-electron chi connectivity index (χ4n) is 1.89. The maximum atomic E-state index is 6.21. The van der Waals surface area contributed by atoms with E-state index in [2.05, 4.69) is 31.9 Å². The molecule has 0 saturated heterocycles. The van der Waals surface area contributed by atoms with Crippen LogP contribution in [0.15, 0.2) is 45.3 Å². The number of hydrogen-bond donors (Lipinski definition) is 1. The van der Waals surface area contributed by atoms with Crippen molar-refractivity contribution >= 4 is 55.1 Å². The van der Waals surface area contributed by atoms with Crippen LogP contribution < -0.4 is 10.5 Å². The fourth-order valence-corrected chi connectivity index (χ4v) is 3.15. The van der Waals surface area contributed by atoms with E-state index in [1.54, 1.807) is 12.1 Å². The second-order valence-electron chi connectivity index (χ2n) is 4.65. The first-order valence-corrected chi connectivity index (χ1v) is 8.55. The summed E-state index contributed by atoms with van der Waals surface area (Å²) in [7, 11) is 0. The first-order valence-electron chi connectivity index (χ1n) is 6.20. The predicted molar refractivity (Wildman–Crippen MR) is 95.3 cm³/mol. The van der Waals surface area contributed by atoms with Gasteiger partial charge >= 0.3 is 0 Å². The molecule has 0 radical (unpaired) electrons. The van der Waals surface area contributed by atoms with Crippen LogP contribution in [0.4, 0.5) is 0 Å². The number of benzene rings is 2. The van der Waals surface area contributed by atoms with Crippen molar-refractivity contribution in [3.05, 3.63) is 61.0 Å². The van der Waals surface area contributed by atoms with Crippen LogP contribution in [-0.4, -0.2) is 6.04 Å². The molecule has 0 aliphatic heterocycles. The summed E-state index contributed by atoms with van der Waals surface area (Å²) in [6, 6.07) is 11.0. The summed E-state index contributed by atoms with van der Waals surface area (Å²) >= 11 is 19.1. The molecule has 0 amide bonds. The lowest BCUT2D eigenvalue weighted by molar-refractivity contribution is 0.180. The summed E-state index contributed by atoms with van der Waals surface area (Å²) in [5.74, 6) is 0.507. The van der Waals surface area contributed by atoms with Crippen LogP contribution in [-0.2, 0) is 0 Å². The molecule has 2 rings (SSSR count). The Morgan fingerprint density at radius 3 is 2.43 bits per heavy atom. The monoisotopic (exact) mass is 451 g/mol. The smallest absolute Gasteiger partial charge is 0.140 e. The van der Waals surface area contributed by atoms with Gasteiger partial charge in [0.15, 0.2) is 0 Å². The SMILES string of the molecule is CC(N)C(Oc1cc(Cl)c(Br)cc1Cl)c1cccc(Br)c1. The molecule has 0 aromatic heterocycles. The van der Waals surface area contributed by atoms with E-state index in [1.165, 1.54) is 0 Å². The van der Waals surface area contributed by atoms with Gasteiger partial charge in [-0.2, -0.15) is 0 Å². The lowest BCUT2D eigenvalue weighted by Crippen LogP contribution is -2.29. The molecule has 2 N–H and O–H groups in total. The minimum absolute atomic E-state index is 0.210. The van der Waals surface area contributed by atoms with Crippen LogP contribution >= 0.6 is 55.1 Å². The Bertz CT molecular complexity index is 650. The standard InChI is InChI=1S/C15H13Br2Cl2NO/c1-8(20)15(9-3-2-4-10(16)5-9)21-14-7-12(18)11(17)6-13(14)19/h2-8,15H,20H2,1H3. The van der Waals surface area contributed by atoms with Crippen molar-refractivity contribution in [3.63, 3.8) is 0 Å². The Labute approximate surface area is 150 Å². The molecule has 0 bridgehead atoms. The van der Waals surface area contributed by atoms with Gasteiger partial charge < -0.3 is 10.5 Å². The van der Waals surface area contributed by atoms with E-state index >= 15 is 0 Å². The summed E-state index contributed by atoms with van der Waals surface area (Å²) in [5, 5.41) is 1.01. The van der Waals surface area contributed by atoms with Gasteiger partial charge in [0.1, 0.15) is 11.9 Å². The van der Waals surface area contributed by atoms with Crippen LogP contribution in [0, 0.1) is 0 Å². The predicted octanol–water partition coefficient (Wildman–Crippen LogP) is 5.99. The zero-order valence-electron chi connectivity index (χ0n) is 11.1. The van der Waals surface area contributed by atoms with Crippen LogP contribution in [0.5, 0.6) is 5.75 Å². The Hall–Kier alpha value is -0.260. The molecule has 0 saturated carbocycles. The molecule has 0 fully saturated rings. The summed E-state index contributed by atoms with van der Waals surface area (Å²) < 4.78 is 7.69. The lowest BCUT2D eigenvalue weighted by atomic mass is 10.0. The lowest BCUT2D eigenvalue weighted by Gasteiger charge is -2.24. The second-order valence-corrected chi connectivity index (χ2v) is 7.23. The molecule has 0 aliphatic rings. The van der Waals surface area contributed by atoms with E-state index in [-0.39, 0.29) is 12.1 Å². The number of rotatable bonds is 4. The highest BCUT2D eigenvalue weighted by atomic mass is 79.9. The van der Waals surface area contributed by atoms with Crippen molar-refractivity contribution in [2.75, 3.05) is 0 Å². The van der Waals surface area contributed by atoms with Crippen molar-refractivity contribution in [1.82, 2.24) is 0 Å². The maximum Gasteiger partial charge on any atom is 0.140 e. The summed E-state index contributed by atoms with van der Waals surface area (Å²) in [6.45, 7) is 1.89. The third-order valence-electron chi connectivity index (χ3n) is 2.88. The quantitative estimate of drug-likeness (QED) is 0.577. The summed E-state index contributed by atoms with van der Waals surface area (Å²) in [4.78, 5) is 0.